The number of rotatable bonds is 3. The van der Waals surface area contributed by atoms with Gasteiger partial charge in [0.1, 0.15) is 4.99 Å². The second kappa shape index (κ2) is 5.57. The molecule has 2 rings (SSSR count). The molecule has 4 heteroatoms. The summed E-state index contributed by atoms with van der Waals surface area (Å²) >= 11 is 8.72. The van der Waals surface area contributed by atoms with Gasteiger partial charge in [0.05, 0.1) is 0 Å². The summed E-state index contributed by atoms with van der Waals surface area (Å²) in [5, 5.41) is 0. The molecule has 0 radical (unpaired) electrons. The van der Waals surface area contributed by atoms with Crippen LogP contribution in [0.3, 0.4) is 0 Å². The second-order valence-electron chi connectivity index (χ2n) is 5.24. The van der Waals surface area contributed by atoms with Crippen molar-refractivity contribution in [1.82, 2.24) is 0 Å². The van der Waals surface area contributed by atoms with Crippen LogP contribution in [0.1, 0.15) is 25.8 Å². The van der Waals surface area contributed by atoms with E-state index in [2.05, 4.69) is 40.7 Å². The number of nitrogens with two attached hydrogens (primary N) is 1. The van der Waals surface area contributed by atoms with E-state index in [4.69, 9.17) is 18.0 Å². The quantitative estimate of drug-likeness (QED) is 0.861. The van der Waals surface area contributed by atoms with E-state index in [0.29, 0.717) is 4.99 Å². The van der Waals surface area contributed by atoms with Crippen LogP contribution in [-0.4, -0.2) is 18.1 Å². The van der Waals surface area contributed by atoms with Crippen molar-refractivity contribution < 1.29 is 0 Å². The number of anilines is 1. The third-order valence-corrected chi connectivity index (χ3v) is 4.61. The standard InChI is InChI=1S/C14H19BrN2S/c1-9(2)10-6-7-17(8-10)12-5-3-4-11(15)13(12)14(16)18/h3-5,9-10H,6-8H2,1-2H3,(H2,16,18). The van der Waals surface area contributed by atoms with E-state index in [-0.39, 0.29) is 0 Å². The van der Waals surface area contributed by atoms with Gasteiger partial charge < -0.3 is 10.6 Å². The monoisotopic (exact) mass is 326 g/mol. The summed E-state index contributed by atoms with van der Waals surface area (Å²) in [5.74, 6) is 1.50. The highest BCUT2D eigenvalue weighted by molar-refractivity contribution is 9.10. The van der Waals surface area contributed by atoms with E-state index in [1.807, 2.05) is 12.1 Å². The maximum Gasteiger partial charge on any atom is 0.107 e. The molecule has 0 aromatic heterocycles. The molecular formula is C14H19BrN2S. The average Bonchev–Trinajstić information content (AvgIpc) is 2.77. The lowest BCUT2D eigenvalue weighted by molar-refractivity contribution is 0.423. The molecule has 2 N–H and O–H groups in total. The summed E-state index contributed by atoms with van der Waals surface area (Å²) in [6, 6.07) is 6.15. The van der Waals surface area contributed by atoms with E-state index in [1.54, 1.807) is 0 Å². The number of thiocarbonyl (C=S) groups is 1. The molecule has 1 aliphatic heterocycles. The van der Waals surface area contributed by atoms with Gasteiger partial charge in [0, 0.05) is 28.8 Å². The van der Waals surface area contributed by atoms with Crippen molar-refractivity contribution in [2.24, 2.45) is 17.6 Å². The average molecular weight is 327 g/mol. The molecule has 1 aromatic carbocycles. The second-order valence-corrected chi connectivity index (χ2v) is 6.53. The summed E-state index contributed by atoms with van der Waals surface area (Å²) < 4.78 is 0.987. The fourth-order valence-electron chi connectivity index (χ4n) is 2.57. The van der Waals surface area contributed by atoms with Crippen LogP contribution in [0, 0.1) is 11.8 Å². The van der Waals surface area contributed by atoms with Gasteiger partial charge in [0.25, 0.3) is 0 Å². The van der Waals surface area contributed by atoms with Crippen LogP contribution in [0.25, 0.3) is 0 Å². The molecule has 1 unspecified atom stereocenters. The van der Waals surface area contributed by atoms with Gasteiger partial charge in [-0.05, 0) is 46.3 Å². The lowest BCUT2D eigenvalue weighted by atomic mass is 9.95. The van der Waals surface area contributed by atoms with Gasteiger partial charge in [-0.3, -0.25) is 0 Å². The zero-order valence-electron chi connectivity index (χ0n) is 10.8. The van der Waals surface area contributed by atoms with E-state index >= 15 is 0 Å². The summed E-state index contributed by atoms with van der Waals surface area (Å²) in [5.41, 5.74) is 7.99. The zero-order valence-corrected chi connectivity index (χ0v) is 13.2. The van der Waals surface area contributed by atoms with Crippen LogP contribution in [0.15, 0.2) is 22.7 Å². The SMILES string of the molecule is CC(C)C1CCN(c2cccc(Br)c2C(N)=S)C1. The fourth-order valence-corrected chi connectivity index (χ4v) is 3.49. The van der Waals surface area contributed by atoms with Crippen molar-refractivity contribution in [3.63, 3.8) is 0 Å². The minimum atomic E-state index is 0.463. The highest BCUT2D eigenvalue weighted by Gasteiger charge is 2.27. The minimum Gasteiger partial charge on any atom is -0.389 e. The summed E-state index contributed by atoms with van der Waals surface area (Å²) in [4.78, 5) is 2.87. The summed E-state index contributed by atoms with van der Waals surface area (Å²) in [6.45, 7) is 6.78. The first-order valence-corrected chi connectivity index (χ1v) is 7.54. The molecule has 1 atom stereocenters. The first-order valence-electron chi connectivity index (χ1n) is 6.34. The molecule has 0 bridgehead atoms. The molecule has 1 aliphatic rings. The van der Waals surface area contributed by atoms with Gasteiger partial charge in [0.15, 0.2) is 0 Å². The zero-order chi connectivity index (χ0) is 13.3. The predicted molar refractivity (Wildman–Crippen MR) is 85.2 cm³/mol. The Balaban J connectivity index is 2.30. The molecule has 1 saturated heterocycles. The molecule has 0 aliphatic carbocycles. The van der Waals surface area contributed by atoms with E-state index < -0.39 is 0 Å². The normalized spacial score (nSPS) is 19.6. The predicted octanol–water partition coefficient (Wildman–Crippen LogP) is 3.57. The fraction of sp³-hybridized carbons (Fsp3) is 0.500. The molecule has 2 nitrogen and oxygen atoms in total. The van der Waals surface area contributed by atoms with Crippen molar-refractivity contribution >= 4 is 38.8 Å². The first-order chi connectivity index (χ1) is 8.50. The van der Waals surface area contributed by atoms with E-state index in [0.717, 1.165) is 35.0 Å². The molecule has 18 heavy (non-hydrogen) atoms. The van der Waals surface area contributed by atoms with Gasteiger partial charge in [-0.25, -0.2) is 0 Å². The smallest absolute Gasteiger partial charge is 0.107 e. The van der Waals surface area contributed by atoms with Crippen molar-refractivity contribution in [2.75, 3.05) is 18.0 Å². The van der Waals surface area contributed by atoms with Crippen LogP contribution < -0.4 is 10.6 Å². The van der Waals surface area contributed by atoms with Crippen LogP contribution in [-0.2, 0) is 0 Å². The first kappa shape index (κ1) is 13.8. The topological polar surface area (TPSA) is 29.3 Å². The number of benzene rings is 1. The Labute approximate surface area is 123 Å². The van der Waals surface area contributed by atoms with Crippen molar-refractivity contribution in [3.8, 4) is 0 Å². The maximum absolute atomic E-state index is 5.85. The Bertz CT molecular complexity index is 459. The van der Waals surface area contributed by atoms with E-state index in [1.165, 1.54) is 12.1 Å². The summed E-state index contributed by atoms with van der Waals surface area (Å²) in [6.07, 6.45) is 1.25. The molecule has 0 saturated carbocycles. The molecule has 1 aromatic rings. The highest BCUT2D eigenvalue weighted by atomic mass is 79.9. The Morgan fingerprint density at radius 2 is 2.22 bits per heavy atom. The molecule has 1 fully saturated rings. The van der Waals surface area contributed by atoms with Gasteiger partial charge in [-0.15, -0.1) is 0 Å². The van der Waals surface area contributed by atoms with Crippen LogP contribution >= 0.6 is 28.1 Å². The van der Waals surface area contributed by atoms with Crippen LogP contribution in [0.2, 0.25) is 0 Å². The number of nitrogens with zero attached hydrogens (tertiary/aromatic N) is 1. The minimum absolute atomic E-state index is 0.463. The van der Waals surface area contributed by atoms with E-state index in [9.17, 15) is 0 Å². The lowest BCUT2D eigenvalue weighted by Crippen LogP contribution is -2.25. The molecule has 98 valence electrons. The number of halogens is 1. The third kappa shape index (κ3) is 2.69. The van der Waals surface area contributed by atoms with Gasteiger partial charge in [-0.2, -0.15) is 0 Å². The molecule has 0 amide bonds. The van der Waals surface area contributed by atoms with Gasteiger partial charge >= 0.3 is 0 Å². The Morgan fingerprint density at radius 1 is 1.50 bits per heavy atom. The number of hydrogen-bond donors (Lipinski definition) is 1. The van der Waals surface area contributed by atoms with Crippen LogP contribution in [0.5, 0.6) is 0 Å². The molecule has 0 spiro atoms. The largest absolute Gasteiger partial charge is 0.389 e. The lowest BCUT2D eigenvalue weighted by Gasteiger charge is -2.23. The van der Waals surface area contributed by atoms with Crippen LogP contribution in [0.4, 0.5) is 5.69 Å². The Kier molecular flexibility index (Phi) is 4.28. The highest BCUT2D eigenvalue weighted by Crippen LogP contribution is 2.33. The van der Waals surface area contributed by atoms with Crippen molar-refractivity contribution in [2.45, 2.75) is 20.3 Å². The van der Waals surface area contributed by atoms with Crippen molar-refractivity contribution in [3.05, 3.63) is 28.2 Å². The maximum atomic E-state index is 5.85. The van der Waals surface area contributed by atoms with Crippen molar-refractivity contribution in [1.29, 1.82) is 0 Å². The van der Waals surface area contributed by atoms with Gasteiger partial charge in [-0.1, -0.05) is 32.1 Å². The number of hydrogen-bond acceptors (Lipinski definition) is 2. The Morgan fingerprint density at radius 3 is 2.78 bits per heavy atom. The molecular weight excluding hydrogens is 308 g/mol. The molecule has 1 heterocycles. The summed E-state index contributed by atoms with van der Waals surface area (Å²) in [7, 11) is 0. The third-order valence-electron chi connectivity index (χ3n) is 3.75. The van der Waals surface area contributed by atoms with Gasteiger partial charge in [0.2, 0.25) is 0 Å². The Hall–Kier alpha value is -0.610.